The van der Waals surface area contributed by atoms with E-state index < -0.39 is 11.7 Å². The fourth-order valence-corrected chi connectivity index (χ4v) is 4.12. The molecule has 2 aromatic rings. The topological polar surface area (TPSA) is 54.3 Å². The van der Waals surface area contributed by atoms with Crippen molar-refractivity contribution in [1.29, 1.82) is 0 Å². The van der Waals surface area contributed by atoms with Crippen molar-refractivity contribution in [3.63, 3.8) is 0 Å². The van der Waals surface area contributed by atoms with E-state index >= 15 is 0 Å². The molecule has 3 heterocycles. The first-order chi connectivity index (χ1) is 11.8. The number of carbonyl (C=O) groups excluding carboxylic acids is 1. The molecule has 0 saturated heterocycles. The van der Waals surface area contributed by atoms with Gasteiger partial charge >= 0.3 is 6.09 Å². The Morgan fingerprint density at radius 2 is 2.04 bits per heavy atom. The molecule has 0 radical (unpaired) electrons. The lowest BCUT2D eigenvalue weighted by molar-refractivity contribution is -0.910. The van der Waals surface area contributed by atoms with Crippen LogP contribution in [0.5, 0.6) is 0 Å². The van der Waals surface area contributed by atoms with Crippen molar-refractivity contribution < 1.29 is 14.2 Å². The molecule has 0 N–H and O–H groups in total. The number of nitrogens with zero attached hydrogens (tertiary/aromatic N) is 2. The number of para-hydroxylation sites is 1. The molecule has 2 aliphatic heterocycles. The number of quaternary nitrogens is 1. The lowest BCUT2D eigenvalue weighted by Gasteiger charge is -2.52. The van der Waals surface area contributed by atoms with E-state index in [1.165, 1.54) is 0 Å². The van der Waals surface area contributed by atoms with Gasteiger partial charge < -0.3 is 14.6 Å². The van der Waals surface area contributed by atoms with E-state index in [9.17, 15) is 10.0 Å². The maximum absolute atomic E-state index is 13.3. The Bertz CT molecular complexity index is 875. The second-order valence-corrected chi connectivity index (χ2v) is 8.03. The molecule has 0 aliphatic carbocycles. The van der Waals surface area contributed by atoms with Crippen molar-refractivity contribution in [3.8, 4) is 0 Å². The summed E-state index contributed by atoms with van der Waals surface area (Å²) in [5.74, 6) is 0. The van der Waals surface area contributed by atoms with Crippen LogP contribution >= 0.6 is 0 Å². The van der Waals surface area contributed by atoms with Crippen LogP contribution in [0.15, 0.2) is 36.4 Å². The molecule has 2 aliphatic rings. The third-order valence-corrected chi connectivity index (χ3v) is 5.16. The maximum atomic E-state index is 13.3. The Balaban J connectivity index is 1.95. The largest absolute Gasteiger partial charge is 0.632 e. The van der Waals surface area contributed by atoms with Gasteiger partial charge in [-0.25, -0.2) is 9.36 Å². The monoisotopic (exact) mass is 340 g/mol. The van der Waals surface area contributed by atoms with E-state index in [-0.39, 0.29) is 10.7 Å². The minimum Gasteiger partial charge on any atom is -0.632 e. The van der Waals surface area contributed by atoms with E-state index in [2.05, 4.69) is 6.08 Å². The average Bonchev–Trinajstić information content (AvgIpc) is 2.87. The van der Waals surface area contributed by atoms with E-state index in [0.717, 1.165) is 22.2 Å². The Morgan fingerprint density at radius 3 is 2.80 bits per heavy atom. The summed E-state index contributed by atoms with van der Waals surface area (Å²) in [5.41, 5.74) is 2.23. The van der Waals surface area contributed by atoms with Gasteiger partial charge in [0, 0.05) is 18.2 Å². The fourth-order valence-electron chi connectivity index (χ4n) is 4.12. The number of aromatic nitrogens is 1. The molecule has 5 nitrogen and oxygen atoms in total. The summed E-state index contributed by atoms with van der Waals surface area (Å²) < 4.78 is 7.05. The summed E-state index contributed by atoms with van der Waals surface area (Å²) in [5, 5.41) is 14.4. The minimum absolute atomic E-state index is 0.242. The average molecular weight is 340 g/mol. The quantitative estimate of drug-likeness (QED) is 0.408. The molecule has 1 aromatic carbocycles. The second kappa shape index (κ2) is 5.44. The van der Waals surface area contributed by atoms with Gasteiger partial charge in [0.15, 0.2) is 0 Å². The third kappa shape index (κ3) is 2.58. The third-order valence-electron chi connectivity index (χ3n) is 5.16. The fraction of sp³-hybridized carbons (Fsp3) is 0.450. The number of hydrogen-bond donors (Lipinski definition) is 0. The van der Waals surface area contributed by atoms with Crippen molar-refractivity contribution in [2.45, 2.75) is 45.3 Å². The molecular formula is C20H24N2O3. The predicted molar refractivity (Wildman–Crippen MR) is 97.1 cm³/mol. The van der Waals surface area contributed by atoms with Gasteiger partial charge in [-0.15, -0.1) is 0 Å². The van der Waals surface area contributed by atoms with Gasteiger partial charge in [-0.05, 0) is 38.5 Å². The molecule has 1 aromatic heterocycles. The van der Waals surface area contributed by atoms with Crippen LogP contribution in [0, 0.1) is 5.21 Å². The van der Waals surface area contributed by atoms with Gasteiger partial charge in [-0.1, -0.05) is 24.3 Å². The van der Waals surface area contributed by atoms with Crippen LogP contribution in [-0.2, 0) is 11.2 Å². The van der Waals surface area contributed by atoms with Gasteiger partial charge in [0.05, 0.1) is 24.3 Å². The first-order valence-corrected chi connectivity index (χ1v) is 8.88. The number of hydroxylamine groups is 3. The van der Waals surface area contributed by atoms with Crippen LogP contribution < -0.4 is 0 Å². The lowest BCUT2D eigenvalue weighted by Crippen LogP contribution is -2.51. The zero-order chi connectivity index (χ0) is 17.8. The van der Waals surface area contributed by atoms with Crippen molar-refractivity contribution in [2.75, 3.05) is 13.1 Å². The van der Waals surface area contributed by atoms with E-state index in [0.29, 0.717) is 25.9 Å². The maximum Gasteiger partial charge on any atom is 0.419 e. The highest BCUT2D eigenvalue weighted by atomic mass is 16.6. The molecular weight excluding hydrogens is 316 g/mol. The highest BCUT2D eigenvalue weighted by Gasteiger charge is 2.42. The normalized spacial score (nSPS) is 25.5. The molecule has 0 unspecified atom stereocenters. The van der Waals surface area contributed by atoms with E-state index in [4.69, 9.17) is 4.74 Å². The molecule has 0 bridgehead atoms. The number of rotatable bonds is 0. The smallest absolute Gasteiger partial charge is 0.419 e. The molecule has 4 rings (SSSR count). The van der Waals surface area contributed by atoms with Crippen molar-refractivity contribution in [3.05, 3.63) is 52.9 Å². The molecule has 0 spiro atoms. The molecule has 132 valence electrons. The van der Waals surface area contributed by atoms with E-state index in [1.54, 1.807) is 4.57 Å². The zero-order valence-corrected chi connectivity index (χ0v) is 15.0. The summed E-state index contributed by atoms with van der Waals surface area (Å²) in [4.78, 5) is 13.0. The van der Waals surface area contributed by atoms with Crippen LogP contribution in [0.4, 0.5) is 4.79 Å². The van der Waals surface area contributed by atoms with Crippen molar-refractivity contribution >= 4 is 17.0 Å². The number of carbonyl (C=O) groups is 1. The molecule has 2 atom stereocenters. The first-order valence-electron chi connectivity index (χ1n) is 8.88. The highest BCUT2D eigenvalue weighted by Crippen LogP contribution is 2.44. The highest BCUT2D eigenvalue weighted by molar-refractivity contribution is 5.94. The van der Waals surface area contributed by atoms with Gasteiger partial charge in [-0.2, -0.15) is 0 Å². The zero-order valence-electron chi connectivity index (χ0n) is 15.0. The molecule has 0 fully saturated rings. The Hall–Kier alpha value is -2.11. The number of fused-ring (bicyclic) bond motifs is 5. The van der Waals surface area contributed by atoms with Crippen LogP contribution in [0.25, 0.3) is 10.9 Å². The molecule has 5 heteroatoms. The second-order valence-electron chi connectivity index (χ2n) is 8.03. The number of hydrogen-bond acceptors (Lipinski definition) is 3. The SMILES string of the molecule is CC(C)(C)OC(=O)n1c2c(c3ccccc31)CC[N@+]1([O-])CC=CC[C@@H]21. The lowest BCUT2D eigenvalue weighted by atomic mass is 9.92. The molecule has 0 amide bonds. The number of benzene rings is 1. The van der Waals surface area contributed by atoms with Crippen LogP contribution in [-0.4, -0.2) is 34.0 Å². The van der Waals surface area contributed by atoms with Crippen LogP contribution in [0.2, 0.25) is 0 Å². The molecule has 0 saturated carbocycles. The summed E-state index contributed by atoms with van der Waals surface area (Å²) in [6.07, 6.45) is 4.99. The Labute approximate surface area is 147 Å². The van der Waals surface area contributed by atoms with Crippen LogP contribution in [0.1, 0.15) is 44.5 Å². The van der Waals surface area contributed by atoms with Crippen LogP contribution in [0.3, 0.4) is 0 Å². The predicted octanol–water partition coefficient (Wildman–Crippen LogP) is 4.30. The number of ether oxygens (including phenoxy) is 1. The standard InChI is InChI=1S/C20H24N2O3/c1-20(2,3)25-19(23)21-16-9-5-4-8-14(16)15-11-13-22(24)12-7-6-10-17(22)18(15)21/h4-9,17H,10-13H2,1-3H3/t17-,22+/m0/s1. The minimum atomic E-state index is -0.583. The summed E-state index contributed by atoms with van der Waals surface area (Å²) >= 11 is 0. The van der Waals surface area contributed by atoms with Gasteiger partial charge in [0.1, 0.15) is 11.6 Å². The van der Waals surface area contributed by atoms with Gasteiger partial charge in [0.2, 0.25) is 0 Å². The van der Waals surface area contributed by atoms with E-state index in [1.807, 2.05) is 51.1 Å². The Kier molecular flexibility index (Phi) is 3.56. The summed E-state index contributed by atoms with van der Waals surface area (Å²) in [6, 6.07) is 7.65. The summed E-state index contributed by atoms with van der Waals surface area (Å²) in [7, 11) is 0. The Morgan fingerprint density at radius 1 is 1.28 bits per heavy atom. The van der Waals surface area contributed by atoms with Gasteiger partial charge in [0.25, 0.3) is 0 Å². The first kappa shape index (κ1) is 16.4. The van der Waals surface area contributed by atoms with Gasteiger partial charge in [-0.3, -0.25) is 0 Å². The summed E-state index contributed by atoms with van der Waals surface area (Å²) in [6.45, 7) is 6.62. The van der Waals surface area contributed by atoms with Crippen molar-refractivity contribution in [1.82, 2.24) is 4.57 Å². The molecule has 25 heavy (non-hydrogen) atoms. The van der Waals surface area contributed by atoms with Crippen molar-refractivity contribution in [2.24, 2.45) is 0 Å².